The summed E-state index contributed by atoms with van der Waals surface area (Å²) in [5.74, 6) is 1.24. The van der Waals surface area contributed by atoms with Gasteiger partial charge in [-0.15, -0.1) is 11.3 Å². The molecule has 2 aromatic carbocycles. The highest BCUT2D eigenvalue weighted by Gasteiger charge is 2.17. The Hall–Kier alpha value is -3.82. The molecule has 5 rings (SSSR count). The number of nitrogens with zero attached hydrogens (tertiary/aromatic N) is 5. The maximum absolute atomic E-state index is 11.7. The normalized spacial score (nSPS) is 14.2. The van der Waals surface area contributed by atoms with Crippen molar-refractivity contribution in [3.63, 3.8) is 0 Å². The summed E-state index contributed by atoms with van der Waals surface area (Å²) in [5, 5.41) is 9.85. The van der Waals surface area contributed by atoms with Gasteiger partial charge in [0, 0.05) is 54.4 Å². The Kier molecular flexibility index (Phi) is 6.20. The third-order valence-electron chi connectivity index (χ3n) is 5.78. The molecule has 0 radical (unpaired) electrons. The van der Waals surface area contributed by atoms with Crippen molar-refractivity contribution in [3.05, 3.63) is 66.7 Å². The van der Waals surface area contributed by atoms with Gasteiger partial charge in [-0.3, -0.25) is 10.1 Å². The van der Waals surface area contributed by atoms with Crippen molar-refractivity contribution < 1.29 is 4.79 Å². The highest BCUT2D eigenvalue weighted by molar-refractivity contribution is 7.14. The van der Waals surface area contributed by atoms with Crippen molar-refractivity contribution in [2.45, 2.75) is 0 Å². The smallest absolute Gasteiger partial charge is 0.247 e. The summed E-state index contributed by atoms with van der Waals surface area (Å²) in [4.78, 5) is 30.4. The molecule has 0 spiro atoms. The average Bonchev–Trinajstić information content (AvgIpc) is 3.32. The number of likely N-dealkylation sites (N-methyl/N-ethyl adjacent to an activating group) is 1. The van der Waals surface area contributed by atoms with E-state index in [-0.39, 0.29) is 5.91 Å². The third kappa shape index (κ3) is 4.75. The first-order valence-corrected chi connectivity index (χ1v) is 11.9. The summed E-state index contributed by atoms with van der Waals surface area (Å²) in [7, 11) is 2.14. The molecule has 1 aliphatic rings. The fourth-order valence-corrected chi connectivity index (χ4v) is 4.62. The molecule has 0 unspecified atom stereocenters. The number of hydrogen-bond acceptors (Lipinski definition) is 8. The van der Waals surface area contributed by atoms with Crippen molar-refractivity contribution in [1.82, 2.24) is 19.9 Å². The van der Waals surface area contributed by atoms with Crippen molar-refractivity contribution in [3.8, 4) is 11.1 Å². The Morgan fingerprint density at radius 2 is 1.94 bits per heavy atom. The number of benzene rings is 2. The number of anilines is 4. The highest BCUT2D eigenvalue weighted by atomic mass is 32.1. The zero-order valence-electron chi connectivity index (χ0n) is 18.9. The molecular formula is C25H25N7OS. The molecule has 1 fully saturated rings. The number of rotatable bonds is 6. The lowest BCUT2D eigenvalue weighted by molar-refractivity contribution is -0.111. The van der Waals surface area contributed by atoms with E-state index in [2.05, 4.69) is 44.4 Å². The highest BCUT2D eigenvalue weighted by Crippen LogP contribution is 2.31. The molecule has 1 aliphatic heterocycles. The topological polar surface area (TPSA) is 86.3 Å². The second kappa shape index (κ2) is 9.58. The molecule has 172 valence electrons. The molecule has 3 heterocycles. The number of hydrogen-bond donors (Lipinski definition) is 2. The summed E-state index contributed by atoms with van der Waals surface area (Å²) in [6.07, 6.45) is 3.07. The minimum atomic E-state index is -0.247. The first-order chi connectivity index (χ1) is 16.6. The predicted octanol–water partition coefficient (Wildman–Crippen LogP) is 4.37. The minimum absolute atomic E-state index is 0.247. The van der Waals surface area contributed by atoms with Crippen LogP contribution in [0.2, 0.25) is 0 Å². The standard InChI is InChI=1S/C25H25N7OS/c1-3-22(33)27-19-8-4-6-17(14-19)20-9-5-7-18-15-26-24(29-23(18)20)30-25-28-21(16-34-25)32-12-10-31(2)11-13-32/h3-9,14-16H,1,10-13H2,2H3,(H,27,33)(H,26,28,29,30). The van der Waals surface area contributed by atoms with E-state index in [1.165, 1.54) is 6.08 Å². The largest absolute Gasteiger partial charge is 0.353 e. The molecule has 0 aliphatic carbocycles. The number of para-hydroxylation sites is 1. The Bertz CT molecular complexity index is 1340. The van der Waals surface area contributed by atoms with Crippen LogP contribution in [0.4, 0.5) is 22.6 Å². The fourth-order valence-electron chi connectivity index (χ4n) is 3.91. The molecule has 4 aromatic rings. The Balaban J connectivity index is 1.41. The summed E-state index contributed by atoms with van der Waals surface area (Å²) < 4.78 is 0. The van der Waals surface area contributed by atoms with Gasteiger partial charge < -0.3 is 15.1 Å². The van der Waals surface area contributed by atoms with Crippen LogP contribution in [-0.2, 0) is 4.79 Å². The maximum Gasteiger partial charge on any atom is 0.247 e. The van der Waals surface area contributed by atoms with Crippen molar-refractivity contribution in [1.29, 1.82) is 0 Å². The number of thiazole rings is 1. The van der Waals surface area contributed by atoms with Crippen LogP contribution in [-0.4, -0.2) is 59.0 Å². The van der Waals surface area contributed by atoms with Crippen LogP contribution >= 0.6 is 11.3 Å². The molecule has 0 bridgehead atoms. The Morgan fingerprint density at radius 1 is 1.12 bits per heavy atom. The van der Waals surface area contributed by atoms with Gasteiger partial charge in [-0.2, -0.15) is 0 Å². The van der Waals surface area contributed by atoms with E-state index in [0.717, 1.165) is 59.2 Å². The van der Waals surface area contributed by atoms with Gasteiger partial charge in [0.25, 0.3) is 0 Å². The molecular weight excluding hydrogens is 446 g/mol. The molecule has 1 amide bonds. The third-order valence-corrected chi connectivity index (χ3v) is 6.52. The van der Waals surface area contributed by atoms with E-state index in [1.54, 1.807) is 11.3 Å². The number of carbonyl (C=O) groups is 1. The minimum Gasteiger partial charge on any atom is -0.353 e. The summed E-state index contributed by atoms with van der Waals surface area (Å²) in [6.45, 7) is 7.53. The fraction of sp³-hybridized carbons (Fsp3) is 0.200. The van der Waals surface area contributed by atoms with Crippen molar-refractivity contribution >= 4 is 50.7 Å². The predicted molar refractivity (Wildman–Crippen MR) is 139 cm³/mol. The van der Waals surface area contributed by atoms with E-state index >= 15 is 0 Å². The number of aromatic nitrogens is 3. The Labute approximate surface area is 202 Å². The number of piperazine rings is 1. The van der Waals surface area contributed by atoms with Gasteiger partial charge >= 0.3 is 0 Å². The molecule has 1 saturated heterocycles. The quantitative estimate of drug-likeness (QED) is 0.404. The molecule has 8 nitrogen and oxygen atoms in total. The average molecular weight is 472 g/mol. The summed E-state index contributed by atoms with van der Waals surface area (Å²) in [5.41, 5.74) is 3.42. The van der Waals surface area contributed by atoms with Gasteiger partial charge in [-0.05, 0) is 30.8 Å². The molecule has 0 atom stereocenters. The second-order valence-corrected chi connectivity index (χ2v) is 9.00. The van der Waals surface area contributed by atoms with Crippen molar-refractivity contribution in [2.24, 2.45) is 0 Å². The van der Waals surface area contributed by atoms with Crippen LogP contribution in [0.25, 0.3) is 22.0 Å². The van der Waals surface area contributed by atoms with Crippen LogP contribution in [0.1, 0.15) is 0 Å². The number of carbonyl (C=O) groups excluding carboxylic acids is 1. The maximum atomic E-state index is 11.7. The number of nitrogens with one attached hydrogen (secondary N) is 2. The van der Waals surface area contributed by atoms with Gasteiger partial charge in [0.2, 0.25) is 11.9 Å². The van der Waals surface area contributed by atoms with Crippen LogP contribution in [0.5, 0.6) is 0 Å². The van der Waals surface area contributed by atoms with E-state index < -0.39 is 0 Å². The lowest BCUT2D eigenvalue weighted by Gasteiger charge is -2.32. The SMILES string of the molecule is C=CC(=O)Nc1cccc(-c2cccc3cnc(Nc4nc(N5CCN(C)CC5)cs4)nc23)c1. The van der Waals surface area contributed by atoms with Crippen LogP contribution in [0.3, 0.4) is 0 Å². The van der Waals surface area contributed by atoms with E-state index in [0.29, 0.717) is 11.6 Å². The molecule has 34 heavy (non-hydrogen) atoms. The van der Waals surface area contributed by atoms with Gasteiger partial charge in [0.05, 0.1) is 5.52 Å². The lowest BCUT2D eigenvalue weighted by atomic mass is 10.0. The van der Waals surface area contributed by atoms with Crippen LogP contribution in [0.15, 0.2) is 66.7 Å². The molecule has 9 heteroatoms. The first-order valence-electron chi connectivity index (χ1n) is 11.0. The van der Waals surface area contributed by atoms with Gasteiger partial charge in [0.1, 0.15) is 5.82 Å². The van der Waals surface area contributed by atoms with Crippen LogP contribution < -0.4 is 15.5 Å². The summed E-state index contributed by atoms with van der Waals surface area (Å²) in [6, 6.07) is 13.7. The first kappa shape index (κ1) is 22.0. The Morgan fingerprint density at radius 3 is 2.76 bits per heavy atom. The van der Waals surface area contributed by atoms with Gasteiger partial charge in [0.15, 0.2) is 5.13 Å². The zero-order chi connectivity index (χ0) is 23.5. The van der Waals surface area contributed by atoms with E-state index in [1.807, 2.05) is 48.7 Å². The zero-order valence-corrected chi connectivity index (χ0v) is 19.7. The molecule has 0 saturated carbocycles. The summed E-state index contributed by atoms with van der Waals surface area (Å²) >= 11 is 1.55. The number of fused-ring (bicyclic) bond motifs is 1. The molecule has 2 aromatic heterocycles. The van der Waals surface area contributed by atoms with Crippen LogP contribution in [0, 0.1) is 0 Å². The lowest BCUT2D eigenvalue weighted by Crippen LogP contribution is -2.44. The van der Waals surface area contributed by atoms with Crippen molar-refractivity contribution in [2.75, 3.05) is 48.8 Å². The second-order valence-electron chi connectivity index (χ2n) is 8.14. The monoisotopic (exact) mass is 471 g/mol. The number of amides is 1. The van der Waals surface area contributed by atoms with E-state index in [4.69, 9.17) is 9.97 Å². The van der Waals surface area contributed by atoms with Gasteiger partial charge in [-0.25, -0.2) is 15.0 Å². The van der Waals surface area contributed by atoms with Gasteiger partial charge in [-0.1, -0.05) is 36.9 Å². The molecule has 2 N–H and O–H groups in total. The van der Waals surface area contributed by atoms with E-state index in [9.17, 15) is 4.79 Å².